The van der Waals surface area contributed by atoms with Crippen LogP contribution in [0.4, 0.5) is 0 Å². The fourth-order valence-corrected chi connectivity index (χ4v) is 1.73. The van der Waals surface area contributed by atoms with Crippen molar-refractivity contribution in [2.75, 3.05) is 13.1 Å². The lowest BCUT2D eigenvalue weighted by Gasteiger charge is -2.14. The largest absolute Gasteiger partial charge is 0.329 e. The van der Waals surface area contributed by atoms with Crippen LogP contribution in [0.15, 0.2) is 0 Å². The Morgan fingerprint density at radius 3 is 2.31 bits per heavy atom. The summed E-state index contributed by atoms with van der Waals surface area (Å²) in [7, 11) is -3.19. The molecular weight excluding hydrogens is 188 g/mol. The Morgan fingerprint density at radius 1 is 1.38 bits per heavy atom. The summed E-state index contributed by atoms with van der Waals surface area (Å²) < 4.78 is 25.3. The van der Waals surface area contributed by atoms with Gasteiger partial charge in [0.25, 0.3) is 0 Å². The standard InChI is InChI=1S/C8H20N2O2S/c1-4-7(2)6-10-13(11,12)8(3)5-9/h7-8,10H,4-6,9H2,1-3H3. The molecule has 4 nitrogen and oxygen atoms in total. The summed E-state index contributed by atoms with van der Waals surface area (Å²) in [5, 5.41) is -0.503. The van der Waals surface area contributed by atoms with Gasteiger partial charge in [0.15, 0.2) is 0 Å². The van der Waals surface area contributed by atoms with Gasteiger partial charge in [-0.2, -0.15) is 0 Å². The van der Waals surface area contributed by atoms with Crippen LogP contribution in [0.25, 0.3) is 0 Å². The Morgan fingerprint density at radius 2 is 1.92 bits per heavy atom. The quantitative estimate of drug-likeness (QED) is 0.659. The molecule has 0 aromatic carbocycles. The molecule has 2 unspecified atom stereocenters. The zero-order chi connectivity index (χ0) is 10.5. The zero-order valence-corrected chi connectivity index (χ0v) is 9.39. The minimum absolute atomic E-state index is 0.163. The molecule has 0 aliphatic rings. The number of hydrogen-bond acceptors (Lipinski definition) is 3. The number of nitrogens with two attached hydrogens (primary N) is 1. The van der Waals surface area contributed by atoms with Gasteiger partial charge < -0.3 is 5.73 Å². The van der Waals surface area contributed by atoms with Crippen LogP contribution >= 0.6 is 0 Å². The van der Waals surface area contributed by atoms with E-state index in [1.807, 2.05) is 13.8 Å². The van der Waals surface area contributed by atoms with Gasteiger partial charge in [0.05, 0.1) is 5.25 Å². The summed E-state index contributed by atoms with van der Waals surface area (Å²) in [5.41, 5.74) is 5.28. The highest BCUT2D eigenvalue weighted by molar-refractivity contribution is 7.90. The molecule has 0 fully saturated rings. The fraction of sp³-hybridized carbons (Fsp3) is 1.00. The van der Waals surface area contributed by atoms with E-state index in [0.717, 1.165) is 6.42 Å². The average molecular weight is 208 g/mol. The molecule has 0 aromatic rings. The maximum absolute atomic E-state index is 11.4. The second kappa shape index (κ2) is 5.57. The van der Waals surface area contributed by atoms with Crippen molar-refractivity contribution in [3.8, 4) is 0 Å². The van der Waals surface area contributed by atoms with E-state index >= 15 is 0 Å². The van der Waals surface area contributed by atoms with E-state index in [9.17, 15) is 8.42 Å². The van der Waals surface area contributed by atoms with E-state index in [1.54, 1.807) is 6.92 Å². The molecule has 0 aliphatic heterocycles. The SMILES string of the molecule is CCC(C)CNS(=O)(=O)C(C)CN. The highest BCUT2D eigenvalue weighted by atomic mass is 32.2. The van der Waals surface area contributed by atoms with Crippen LogP contribution in [0.2, 0.25) is 0 Å². The first-order chi connectivity index (χ1) is 5.94. The molecule has 0 rings (SSSR count). The van der Waals surface area contributed by atoms with Gasteiger partial charge in [0.1, 0.15) is 0 Å². The number of rotatable bonds is 6. The predicted molar refractivity (Wildman–Crippen MR) is 54.9 cm³/mol. The van der Waals surface area contributed by atoms with E-state index < -0.39 is 15.3 Å². The highest BCUT2D eigenvalue weighted by Crippen LogP contribution is 2.01. The normalized spacial score (nSPS) is 16.9. The Balaban J connectivity index is 4.04. The first-order valence-corrected chi connectivity index (χ1v) is 6.17. The molecule has 0 spiro atoms. The summed E-state index contributed by atoms with van der Waals surface area (Å²) in [5.74, 6) is 0.375. The lowest BCUT2D eigenvalue weighted by Crippen LogP contribution is -2.38. The Hall–Kier alpha value is -0.130. The number of hydrogen-bond donors (Lipinski definition) is 2. The maximum atomic E-state index is 11.4. The van der Waals surface area contributed by atoms with Gasteiger partial charge in [0.2, 0.25) is 10.0 Å². The second-order valence-electron chi connectivity index (χ2n) is 3.45. The lowest BCUT2D eigenvalue weighted by molar-refractivity contribution is 0.522. The van der Waals surface area contributed by atoms with Gasteiger partial charge in [-0.15, -0.1) is 0 Å². The van der Waals surface area contributed by atoms with E-state index in [0.29, 0.717) is 12.5 Å². The second-order valence-corrected chi connectivity index (χ2v) is 5.64. The van der Waals surface area contributed by atoms with Gasteiger partial charge in [-0.1, -0.05) is 20.3 Å². The summed E-state index contributed by atoms with van der Waals surface area (Å²) in [6.07, 6.45) is 0.972. The van der Waals surface area contributed by atoms with Gasteiger partial charge in [-0.05, 0) is 12.8 Å². The summed E-state index contributed by atoms with van der Waals surface area (Å²) >= 11 is 0. The lowest BCUT2D eigenvalue weighted by atomic mass is 10.1. The van der Waals surface area contributed by atoms with Crippen molar-refractivity contribution < 1.29 is 8.42 Å². The van der Waals surface area contributed by atoms with Gasteiger partial charge >= 0.3 is 0 Å². The molecule has 0 heterocycles. The average Bonchev–Trinajstić information content (AvgIpc) is 2.12. The van der Waals surface area contributed by atoms with Crippen LogP contribution in [0.5, 0.6) is 0 Å². The van der Waals surface area contributed by atoms with E-state index in [4.69, 9.17) is 5.73 Å². The molecule has 0 saturated heterocycles. The van der Waals surface area contributed by atoms with Crippen molar-refractivity contribution in [3.05, 3.63) is 0 Å². The van der Waals surface area contributed by atoms with Crippen LogP contribution < -0.4 is 10.5 Å². The Bertz CT molecular complexity index is 226. The van der Waals surface area contributed by atoms with Crippen LogP contribution in [0, 0.1) is 5.92 Å². The van der Waals surface area contributed by atoms with Gasteiger partial charge in [0, 0.05) is 13.1 Å². The molecular formula is C8H20N2O2S. The van der Waals surface area contributed by atoms with E-state index in [2.05, 4.69) is 4.72 Å². The third-order valence-corrected chi connectivity index (χ3v) is 4.01. The molecule has 0 aromatic heterocycles. The Kier molecular flexibility index (Phi) is 5.51. The number of sulfonamides is 1. The molecule has 80 valence electrons. The molecule has 0 bridgehead atoms. The molecule has 0 amide bonds. The molecule has 0 aliphatic carbocycles. The minimum Gasteiger partial charge on any atom is -0.329 e. The monoisotopic (exact) mass is 208 g/mol. The van der Waals surface area contributed by atoms with Crippen molar-refractivity contribution in [1.29, 1.82) is 0 Å². The van der Waals surface area contributed by atoms with Crippen LogP contribution in [-0.2, 0) is 10.0 Å². The predicted octanol–water partition coefficient (Wildman–Crippen LogP) is 0.299. The first kappa shape index (κ1) is 12.9. The Labute approximate surface area is 80.9 Å². The van der Waals surface area contributed by atoms with Gasteiger partial charge in [-0.25, -0.2) is 13.1 Å². The molecule has 13 heavy (non-hydrogen) atoms. The molecule has 2 atom stereocenters. The molecule has 0 saturated carbocycles. The summed E-state index contributed by atoms with van der Waals surface area (Å²) in [6, 6.07) is 0. The smallest absolute Gasteiger partial charge is 0.215 e. The minimum atomic E-state index is -3.19. The molecule has 5 heteroatoms. The van der Waals surface area contributed by atoms with Gasteiger partial charge in [-0.3, -0.25) is 0 Å². The van der Waals surface area contributed by atoms with Crippen molar-refractivity contribution in [1.82, 2.24) is 4.72 Å². The summed E-state index contributed by atoms with van der Waals surface area (Å²) in [4.78, 5) is 0. The third-order valence-electron chi connectivity index (χ3n) is 2.19. The maximum Gasteiger partial charge on any atom is 0.215 e. The molecule has 0 radical (unpaired) electrons. The van der Waals surface area contributed by atoms with E-state index in [-0.39, 0.29) is 6.54 Å². The van der Waals surface area contributed by atoms with E-state index in [1.165, 1.54) is 0 Å². The van der Waals surface area contributed by atoms with Crippen molar-refractivity contribution in [2.45, 2.75) is 32.4 Å². The van der Waals surface area contributed by atoms with Crippen molar-refractivity contribution >= 4 is 10.0 Å². The molecule has 3 N–H and O–H groups in total. The fourth-order valence-electron chi connectivity index (χ4n) is 0.672. The first-order valence-electron chi connectivity index (χ1n) is 4.62. The van der Waals surface area contributed by atoms with Crippen molar-refractivity contribution in [3.63, 3.8) is 0 Å². The van der Waals surface area contributed by atoms with Crippen LogP contribution in [0.1, 0.15) is 27.2 Å². The van der Waals surface area contributed by atoms with Crippen molar-refractivity contribution in [2.24, 2.45) is 11.7 Å². The van der Waals surface area contributed by atoms with Crippen LogP contribution in [0.3, 0.4) is 0 Å². The summed E-state index contributed by atoms with van der Waals surface area (Å²) in [6.45, 7) is 6.32. The van der Waals surface area contributed by atoms with Crippen LogP contribution in [-0.4, -0.2) is 26.8 Å². The topological polar surface area (TPSA) is 72.2 Å². The number of nitrogens with one attached hydrogen (secondary N) is 1. The highest BCUT2D eigenvalue weighted by Gasteiger charge is 2.18. The third kappa shape index (κ3) is 4.59. The zero-order valence-electron chi connectivity index (χ0n) is 8.58.